The van der Waals surface area contributed by atoms with Crippen LogP contribution in [0, 0.1) is 0 Å². The zero-order chi connectivity index (χ0) is 21.2. The molecule has 30 heavy (non-hydrogen) atoms. The molecule has 0 radical (unpaired) electrons. The van der Waals surface area contributed by atoms with Crippen molar-refractivity contribution in [2.24, 2.45) is 0 Å². The van der Waals surface area contributed by atoms with Gasteiger partial charge in [0.2, 0.25) is 0 Å². The third kappa shape index (κ3) is 6.63. The van der Waals surface area contributed by atoms with Gasteiger partial charge in [-0.3, -0.25) is 4.79 Å². The van der Waals surface area contributed by atoms with Gasteiger partial charge in [-0.15, -0.1) is 0 Å². The van der Waals surface area contributed by atoms with Crippen LogP contribution in [-0.4, -0.2) is 19.1 Å². The van der Waals surface area contributed by atoms with Gasteiger partial charge in [0.1, 0.15) is 11.5 Å². The van der Waals surface area contributed by atoms with Crippen LogP contribution in [0.3, 0.4) is 0 Å². The molecule has 0 fully saturated rings. The van der Waals surface area contributed by atoms with Crippen molar-refractivity contribution >= 4 is 27.5 Å². The predicted molar refractivity (Wildman–Crippen MR) is 125 cm³/mol. The molecule has 3 aromatic carbocycles. The molecule has 1 N–H and O–H groups in total. The van der Waals surface area contributed by atoms with Gasteiger partial charge in [0, 0.05) is 17.7 Å². The van der Waals surface area contributed by atoms with Crippen LogP contribution in [0.15, 0.2) is 77.3 Å². The number of unbranched alkanes of at least 4 members (excludes halogenated alkanes) is 1. The van der Waals surface area contributed by atoms with E-state index in [1.807, 2.05) is 48.5 Å². The average molecular weight is 468 g/mol. The van der Waals surface area contributed by atoms with E-state index in [2.05, 4.69) is 40.3 Å². The lowest BCUT2D eigenvalue weighted by Crippen LogP contribution is -2.12. The first-order valence-corrected chi connectivity index (χ1v) is 11.0. The van der Waals surface area contributed by atoms with E-state index >= 15 is 0 Å². The van der Waals surface area contributed by atoms with Crippen molar-refractivity contribution in [3.63, 3.8) is 0 Å². The summed E-state index contributed by atoms with van der Waals surface area (Å²) in [4.78, 5) is 12.6. The molecular weight excluding hydrogens is 442 g/mol. The predicted octanol–water partition coefficient (Wildman–Crippen LogP) is 6.50. The van der Waals surface area contributed by atoms with Crippen LogP contribution in [0.4, 0.5) is 5.69 Å². The standard InChI is InChI=1S/C25H26BrNO3/c1-2-3-16-29-22-12-10-21(11-13-22)27-25(28)20-9-14-24(23(26)18-20)30-17-15-19-7-5-4-6-8-19/h4-14,18H,2-3,15-17H2,1H3,(H,27,28). The minimum Gasteiger partial charge on any atom is -0.494 e. The van der Waals surface area contributed by atoms with Crippen molar-refractivity contribution in [1.29, 1.82) is 0 Å². The zero-order valence-corrected chi connectivity index (χ0v) is 18.7. The molecule has 0 spiro atoms. The fraction of sp³-hybridized carbons (Fsp3) is 0.240. The number of carbonyl (C=O) groups is 1. The Morgan fingerprint density at radius 1 is 0.933 bits per heavy atom. The van der Waals surface area contributed by atoms with Crippen LogP contribution in [-0.2, 0) is 6.42 Å². The lowest BCUT2D eigenvalue weighted by Gasteiger charge is -2.11. The van der Waals surface area contributed by atoms with Gasteiger partial charge in [0.25, 0.3) is 5.91 Å². The Balaban J connectivity index is 1.53. The van der Waals surface area contributed by atoms with E-state index in [9.17, 15) is 4.79 Å². The Labute approximate surface area is 186 Å². The van der Waals surface area contributed by atoms with Crippen LogP contribution in [0.2, 0.25) is 0 Å². The lowest BCUT2D eigenvalue weighted by molar-refractivity contribution is 0.102. The number of ether oxygens (including phenoxy) is 2. The highest BCUT2D eigenvalue weighted by atomic mass is 79.9. The summed E-state index contributed by atoms with van der Waals surface area (Å²) < 4.78 is 12.3. The molecule has 156 valence electrons. The Morgan fingerprint density at radius 2 is 1.70 bits per heavy atom. The van der Waals surface area contributed by atoms with Crippen molar-refractivity contribution in [2.45, 2.75) is 26.2 Å². The Bertz CT molecular complexity index is 942. The summed E-state index contributed by atoms with van der Waals surface area (Å²) in [5.41, 5.74) is 2.51. The fourth-order valence-corrected chi connectivity index (χ4v) is 3.35. The van der Waals surface area contributed by atoms with Gasteiger partial charge >= 0.3 is 0 Å². The fourth-order valence-electron chi connectivity index (χ4n) is 2.85. The largest absolute Gasteiger partial charge is 0.494 e. The Kier molecular flexibility index (Phi) is 8.33. The molecule has 0 heterocycles. The number of nitrogens with one attached hydrogen (secondary N) is 1. The van der Waals surface area contributed by atoms with Crippen LogP contribution < -0.4 is 14.8 Å². The second kappa shape index (κ2) is 11.4. The van der Waals surface area contributed by atoms with E-state index in [0.29, 0.717) is 18.8 Å². The highest BCUT2D eigenvalue weighted by Crippen LogP contribution is 2.27. The monoisotopic (exact) mass is 467 g/mol. The van der Waals surface area contributed by atoms with Crippen LogP contribution in [0.1, 0.15) is 35.7 Å². The van der Waals surface area contributed by atoms with Crippen molar-refractivity contribution in [2.75, 3.05) is 18.5 Å². The van der Waals surface area contributed by atoms with Crippen LogP contribution >= 0.6 is 15.9 Å². The maximum atomic E-state index is 12.6. The van der Waals surface area contributed by atoms with Crippen molar-refractivity contribution < 1.29 is 14.3 Å². The van der Waals surface area contributed by atoms with E-state index in [0.717, 1.165) is 40.9 Å². The number of amides is 1. The molecule has 0 aliphatic rings. The number of hydrogen-bond donors (Lipinski definition) is 1. The first kappa shape index (κ1) is 21.9. The van der Waals surface area contributed by atoms with E-state index in [4.69, 9.17) is 9.47 Å². The van der Waals surface area contributed by atoms with Crippen LogP contribution in [0.25, 0.3) is 0 Å². The zero-order valence-electron chi connectivity index (χ0n) is 17.1. The van der Waals surface area contributed by atoms with Gasteiger partial charge in [-0.2, -0.15) is 0 Å². The highest BCUT2D eigenvalue weighted by Gasteiger charge is 2.10. The van der Waals surface area contributed by atoms with Gasteiger partial charge in [-0.05, 0) is 70.4 Å². The lowest BCUT2D eigenvalue weighted by atomic mass is 10.1. The van der Waals surface area contributed by atoms with Gasteiger partial charge < -0.3 is 14.8 Å². The molecule has 0 aliphatic carbocycles. The van der Waals surface area contributed by atoms with Gasteiger partial charge in [-0.25, -0.2) is 0 Å². The number of carbonyl (C=O) groups excluding carboxylic acids is 1. The maximum absolute atomic E-state index is 12.6. The minimum absolute atomic E-state index is 0.175. The maximum Gasteiger partial charge on any atom is 0.255 e. The third-order valence-electron chi connectivity index (χ3n) is 4.56. The van der Waals surface area contributed by atoms with Gasteiger partial charge in [0.15, 0.2) is 0 Å². The quantitative estimate of drug-likeness (QED) is 0.346. The molecule has 0 unspecified atom stereocenters. The van der Waals surface area contributed by atoms with E-state index in [1.165, 1.54) is 5.56 Å². The minimum atomic E-state index is -0.175. The number of rotatable bonds is 10. The molecule has 4 nitrogen and oxygen atoms in total. The normalized spacial score (nSPS) is 10.5. The molecule has 3 rings (SSSR count). The summed E-state index contributed by atoms with van der Waals surface area (Å²) in [5.74, 6) is 1.35. The molecule has 0 bridgehead atoms. The SMILES string of the molecule is CCCCOc1ccc(NC(=O)c2ccc(OCCc3ccccc3)c(Br)c2)cc1. The first-order valence-electron chi connectivity index (χ1n) is 10.2. The second-order valence-corrected chi connectivity index (χ2v) is 7.76. The molecule has 0 saturated carbocycles. The number of halogens is 1. The first-order chi connectivity index (χ1) is 14.7. The highest BCUT2D eigenvalue weighted by molar-refractivity contribution is 9.10. The summed E-state index contributed by atoms with van der Waals surface area (Å²) in [6, 6.07) is 23.0. The van der Waals surface area contributed by atoms with Gasteiger partial charge in [0.05, 0.1) is 17.7 Å². The molecule has 0 saturated heterocycles. The summed E-state index contributed by atoms with van der Waals surface area (Å²) in [6.07, 6.45) is 2.95. The molecule has 0 aliphatic heterocycles. The molecule has 0 atom stereocenters. The van der Waals surface area contributed by atoms with E-state index < -0.39 is 0 Å². The topological polar surface area (TPSA) is 47.6 Å². The summed E-state index contributed by atoms with van der Waals surface area (Å²) in [7, 11) is 0. The number of anilines is 1. The summed E-state index contributed by atoms with van der Waals surface area (Å²) in [6.45, 7) is 3.40. The number of hydrogen-bond acceptors (Lipinski definition) is 3. The van der Waals surface area contributed by atoms with Crippen molar-refractivity contribution in [3.8, 4) is 11.5 Å². The van der Waals surface area contributed by atoms with Crippen LogP contribution in [0.5, 0.6) is 11.5 Å². The molecule has 5 heteroatoms. The smallest absolute Gasteiger partial charge is 0.255 e. The Hall–Kier alpha value is -2.79. The molecular formula is C25H26BrNO3. The van der Waals surface area contributed by atoms with Gasteiger partial charge in [-0.1, -0.05) is 43.7 Å². The van der Waals surface area contributed by atoms with Crippen molar-refractivity contribution in [1.82, 2.24) is 0 Å². The number of benzene rings is 3. The molecule has 0 aromatic heterocycles. The third-order valence-corrected chi connectivity index (χ3v) is 5.18. The van der Waals surface area contributed by atoms with Crippen molar-refractivity contribution in [3.05, 3.63) is 88.4 Å². The summed E-state index contributed by atoms with van der Waals surface area (Å²) >= 11 is 3.51. The Morgan fingerprint density at radius 3 is 2.40 bits per heavy atom. The average Bonchev–Trinajstić information content (AvgIpc) is 2.77. The molecule has 1 amide bonds. The second-order valence-electron chi connectivity index (χ2n) is 6.91. The molecule has 3 aromatic rings. The summed E-state index contributed by atoms with van der Waals surface area (Å²) in [5, 5.41) is 2.91. The van der Waals surface area contributed by atoms with E-state index in [-0.39, 0.29) is 5.91 Å². The van der Waals surface area contributed by atoms with E-state index in [1.54, 1.807) is 12.1 Å².